The number of nitrogens with one attached hydrogen (secondary N) is 1. The molecular weight excluding hydrogens is 315 g/mol. The molecular formula is C16H15ClF3NO. The normalized spacial score (nSPS) is 13.1. The summed E-state index contributed by atoms with van der Waals surface area (Å²) in [5.41, 5.74) is 0.340. The highest BCUT2D eigenvalue weighted by Crippen LogP contribution is 2.36. The monoisotopic (exact) mass is 329 g/mol. The lowest BCUT2D eigenvalue weighted by molar-refractivity contribution is -0.137. The summed E-state index contributed by atoms with van der Waals surface area (Å²) >= 11 is 5.84. The molecule has 0 aromatic heterocycles. The molecule has 1 atom stereocenters. The lowest BCUT2D eigenvalue weighted by Gasteiger charge is -2.18. The van der Waals surface area contributed by atoms with Crippen LogP contribution in [0.1, 0.15) is 22.7 Å². The Morgan fingerprint density at radius 3 is 2.32 bits per heavy atom. The van der Waals surface area contributed by atoms with Gasteiger partial charge in [0.25, 0.3) is 0 Å². The molecule has 2 rings (SSSR count). The van der Waals surface area contributed by atoms with Crippen molar-refractivity contribution in [1.29, 1.82) is 0 Å². The van der Waals surface area contributed by atoms with Gasteiger partial charge in [-0.2, -0.15) is 13.2 Å². The van der Waals surface area contributed by atoms with Crippen LogP contribution >= 0.6 is 11.6 Å². The zero-order valence-corrected chi connectivity index (χ0v) is 12.3. The van der Waals surface area contributed by atoms with Crippen molar-refractivity contribution in [2.24, 2.45) is 0 Å². The van der Waals surface area contributed by atoms with Gasteiger partial charge in [-0.1, -0.05) is 54.1 Å². The smallest absolute Gasteiger partial charge is 0.394 e. The second-order valence-electron chi connectivity index (χ2n) is 4.80. The van der Waals surface area contributed by atoms with Crippen molar-refractivity contribution in [2.75, 3.05) is 6.61 Å². The summed E-state index contributed by atoms with van der Waals surface area (Å²) in [6.07, 6.45) is -4.48. The lowest BCUT2D eigenvalue weighted by atomic mass is 10.1. The number of halogens is 4. The van der Waals surface area contributed by atoms with Crippen LogP contribution in [0.5, 0.6) is 0 Å². The maximum atomic E-state index is 12.8. The Morgan fingerprint density at radius 2 is 1.73 bits per heavy atom. The Hall–Kier alpha value is -1.56. The fourth-order valence-corrected chi connectivity index (χ4v) is 2.44. The summed E-state index contributed by atoms with van der Waals surface area (Å²) in [4.78, 5) is 0. The summed E-state index contributed by atoms with van der Waals surface area (Å²) in [5, 5.41) is 12.1. The molecule has 0 aliphatic heterocycles. The van der Waals surface area contributed by atoms with E-state index in [0.717, 1.165) is 11.6 Å². The zero-order valence-electron chi connectivity index (χ0n) is 11.6. The van der Waals surface area contributed by atoms with Gasteiger partial charge in [0.05, 0.1) is 23.2 Å². The summed E-state index contributed by atoms with van der Waals surface area (Å²) < 4.78 is 38.4. The Labute approximate surface area is 131 Å². The molecule has 0 saturated carbocycles. The van der Waals surface area contributed by atoms with E-state index in [1.165, 1.54) is 12.1 Å². The molecule has 6 heteroatoms. The van der Waals surface area contributed by atoms with Crippen molar-refractivity contribution < 1.29 is 18.3 Å². The second kappa shape index (κ2) is 7.13. The van der Waals surface area contributed by atoms with E-state index in [-0.39, 0.29) is 24.2 Å². The third kappa shape index (κ3) is 4.00. The van der Waals surface area contributed by atoms with Crippen LogP contribution < -0.4 is 5.32 Å². The minimum atomic E-state index is -4.48. The number of alkyl halides is 3. The van der Waals surface area contributed by atoms with Crippen LogP contribution in [-0.2, 0) is 12.7 Å². The Bertz CT molecular complexity index is 617. The van der Waals surface area contributed by atoms with E-state index in [1.54, 1.807) is 0 Å². The highest BCUT2D eigenvalue weighted by molar-refractivity contribution is 6.32. The van der Waals surface area contributed by atoms with E-state index in [0.29, 0.717) is 5.56 Å². The van der Waals surface area contributed by atoms with Gasteiger partial charge < -0.3 is 10.4 Å². The number of aliphatic hydroxyl groups is 1. The molecule has 1 unspecified atom stereocenters. The van der Waals surface area contributed by atoms with Crippen LogP contribution in [0.25, 0.3) is 0 Å². The highest BCUT2D eigenvalue weighted by Gasteiger charge is 2.33. The van der Waals surface area contributed by atoms with Gasteiger partial charge in [0.1, 0.15) is 0 Å². The van der Waals surface area contributed by atoms with Crippen molar-refractivity contribution in [3.63, 3.8) is 0 Å². The molecule has 0 heterocycles. The van der Waals surface area contributed by atoms with Gasteiger partial charge in [-0.25, -0.2) is 0 Å². The molecule has 2 nitrogen and oxygen atoms in total. The first-order valence-corrected chi connectivity index (χ1v) is 7.05. The van der Waals surface area contributed by atoms with Crippen molar-refractivity contribution in [3.8, 4) is 0 Å². The number of hydrogen-bond acceptors (Lipinski definition) is 2. The summed E-state index contributed by atoms with van der Waals surface area (Å²) in [5.74, 6) is 0. The molecule has 2 N–H and O–H groups in total. The number of rotatable bonds is 5. The fourth-order valence-electron chi connectivity index (χ4n) is 2.14. The summed E-state index contributed by atoms with van der Waals surface area (Å²) in [6.45, 7) is -0.0382. The van der Waals surface area contributed by atoms with Gasteiger partial charge >= 0.3 is 6.18 Å². The number of aliphatic hydroxyl groups excluding tert-OH is 1. The third-order valence-electron chi connectivity index (χ3n) is 3.31. The van der Waals surface area contributed by atoms with Gasteiger partial charge in [0, 0.05) is 6.54 Å². The number of hydrogen-bond donors (Lipinski definition) is 2. The molecule has 2 aromatic rings. The van der Waals surface area contributed by atoms with E-state index >= 15 is 0 Å². The van der Waals surface area contributed by atoms with Crippen LogP contribution in [0, 0.1) is 0 Å². The van der Waals surface area contributed by atoms with E-state index in [2.05, 4.69) is 5.32 Å². The van der Waals surface area contributed by atoms with Gasteiger partial charge in [0.15, 0.2) is 0 Å². The largest absolute Gasteiger partial charge is 0.417 e. The maximum absolute atomic E-state index is 12.8. The molecule has 0 aliphatic carbocycles. The average molecular weight is 330 g/mol. The maximum Gasteiger partial charge on any atom is 0.417 e. The van der Waals surface area contributed by atoms with Crippen LogP contribution in [0.2, 0.25) is 5.02 Å². The van der Waals surface area contributed by atoms with Gasteiger partial charge in [-0.05, 0) is 17.2 Å². The molecule has 2 aromatic carbocycles. The van der Waals surface area contributed by atoms with Crippen LogP contribution in [-0.4, -0.2) is 11.7 Å². The molecule has 0 bridgehead atoms. The van der Waals surface area contributed by atoms with E-state index in [4.69, 9.17) is 11.6 Å². The van der Waals surface area contributed by atoms with Gasteiger partial charge in [-0.3, -0.25) is 0 Å². The van der Waals surface area contributed by atoms with Gasteiger partial charge in [-0.15, -0.1) is 0 Å². The minimum absolute atomic E-state index is 0.128. The lowest BCUT2D eigenvalue weighted by Crippen LogP contribution is -2.24. The van der Waals surface area contributed by atoms with E-state index in [9.17, 15) is 18.3 Å². The first-order valence-electron chi connectivity index (χ1n) is 6.67. The molecule has 0 spiro atoms. The standard InChI is InChI=1S/C16H15ClF3NO/c17-15-12(7-4-8-13(15)16(18,19)20)9-21-14(10-22)11-5-2-1-3-6-11/h1-8,14,21-22H,9-10H2. The molecule has 0 aliphatic rings. The molecule has 0 radical (unpaired) electrons. The van der Waals surface area contributed by atoms with Crippen LogP contribution in [0.15, 0.2) is 48.5 Å². The predicted molar refractivity (Wildman–Crippen MR) is 79.6 cm³/mol. The predicted octanol–water partition coefficient (Wildman–Crippen LogP) is 4.18. The SMILES string of the molecule is OCC(NCc1cccc(C(F)(F)F)c1Cl)c1ccccc1. The third-order valence-corrected chi connectivity index (χ3v) is 3.75. The van der Waals surface area contributed by atoms with E-state index < -0.39 is 11.7 Å². The first-order chi connectivity index (χ1) is 10.4. The van der Waals surface area contributed by atoms with Crippen LogP contribution in [0.4, 0.5) is 13.2 Å². The average Bonchev–Trinajstić information content (AvgIpc) is 2.49. The second-order valence-corrected chi connectivity index (χ2v) is 5.18. The van der Waals surface area contributed by atoms with Crippen LogP contribution in [0.3, 0.4) is 0 Å². The number of benzene rings is 2. The Kier molecular flexibility index (Phi) is 5.45. The molecule has 0 fully saturated rings. The molecule has 22 heavy (non-hydrogen) atoms. The van der Waals surface area contributed by atoms with Crippen molar-refractivity contribution in [1.82, 2.24) is 5.32 Å². The molecule has 118 valence electrons. The Balaban J connectivity index is 2.14. The first kappa shape index (κ1) is 16.8. The quantitative estimate of drug-likeness (QED) is 0.862. The van der Waals surface area contributed by atoms with Crippen molar-refractivity contribution >= 4 is 11.6 Å². The Morgan fingerprint density at radius 1 is 1.05 bits per heavy atom. The molecule has 0 saturated heterocycles. The van der Waals surface area contributed by atoms with Crippen molar-refractivity contribution in [2.45, 2.75) is 18.8 Å². The van der Waals surface area contributed by atoms with Crippen molar-refractivity contribution in [3.05, 3.63) is 70.2 Å². The molecule has 0 amide bonds. The van der Waals surface area contributed by atoms with E-state index in [1.807, 2.05) is 30.3 Å². The summed E-state index contributed by atoms with van der Waals surface area (Å²) in [7, 11) is 0. The van der Waals surface area contributed by atoms with Gasteiger partial charge in [0.2, 0.25) is 0 Å². The zero-order chi connectivity index (χ0) is 16.2. The topological polar surface area (TPSA) is 32.3 Å². The fraction of sp³-hybridized carbons (Fsp3) is 0.250. The summed E-state index contributed by atoms with van der Waals surface area (Å²) in [6, 6.07) is 12.6. The minimum Gasteiger partial charge on any atom is -0.394 e. The highest BCUT2D eigenvalue weighted by atomic mass is 35.5.